The van der Waals surface area contributed by atoms with Crippen molar-refractivity contribution in [1.82, 2.24) is 5.16 Å². The molecule has 6 nitrogen and oxygen atoms in total. The molecule has 0 amide bonds. The van der Waals surface area contributed by atoms with E-state index in [0.717, 1.165) is 40.1 Å². The molecule has 0 radical (unpaired) electrons. The molecule has 2 aromatic carbocycles. The molecule has 30 heavy (non-hydrogen) atoms. The van der Waals surface area contributed by atoms with Crippen molar-refractivity contribution in [2.24, 2.45) is 0 Å². The van der Waals surface area contributed by atoms with Gasteiger partial charge in [-0.05, 0) is 42.5 Å². The van der Waals surface area contributed by atoms with Crippen LogP contribution in [0.3, 0.4) is 0 Å². The van der Waals surface area contributed by atoms with Crippen LogP contribution in [-0.2, 0) is 4.79 Å². The molecule has 0 bridgehead atoms. The number of nitrogens with one attached hydrogen (secondary N) is 1. The van der Waals surface area contributed by atoms with Crippen molar-refractivity contribution in [1.29, 1.82) is 0 Å². The average molecular weight is 402 g/mol. The fraction of sp³-hybridized carbons (Fsp3) is 0.250. The number of hydrogen-bond acceptors (Lipinski definition) is 6. The number of hydrogen-bond donors (Lipinski definition) is 2. The van der Waals surface area contributed by atoms with Gasteiger partial charge in [-0.1, -0.05) is 41.6 Å². The highest BCUT2D eigenvalue weighted by atomic mass is 16.5. The number of anilines is 1. The van der Waals surface area contributed by atoms with Gasteiger partial charge in [0.25, 0.3) is 0 Å². The van der Waals surface area contributed by atoms with Crippen LogP contribution in [0.2, 0.25) is 0 Å². The van der Waals surface area contributed by atoms with Crippen molar-refractivity contribution in [3.8, 4) is 11.5 Å². The monoisotopic (exact) mass is 402 g/mol. The first-order chi connectivity index (χ1) is 14.6. The molecule has 152 valence electrons. The lowest BCUT2D eigenvalue weighted by atomic mass is 9.72. The summed E-state index contributed by atoms with van der Waals surface area (Å²) >= 11 is 0. The summed E-state index contributed by atoms with van der Waals surface area (Å²) in [5, 5.41) is 17.5. The highest BCUT2D eigenvalue weighted by Crippen LogP contribution is 2.49. The maximum atomic E-state index is 13.4. The van der Waals surface area contributed by atoms with Gasteiger partial charge in [-0.15, -0.1) is 0 Å². The van der Waals surface area contributed by atoms with E-state index in [4.69, 9.17) is 9.26 Å². The largest absolute Gasteiger partial charge is 0.504 e. The van der Waals surface area contributed by atoms with Gasteiger partial charge < -0.3 is 19.7 Å². The molecule has 0 unspecified atom stereocenters. The van der Waals surface area contributed by atoms with Gasteiger partial charge >= 0.3 is 0 Å². The molecule has 1 aliphatic heterocycles. The average Bonchev–Trinajstić information content (AvgIpc) is 3.13. The Kier molecular flexibility index (Phi) is 4.35. The van der Waals surface area contributed by atoms with E-state index in [9.17, 15) is 9.90 Å². The number of carbonyl (C=O) groups is 1. The van der Waals surface area contributed by atoms with Gasteiger partial charge in [-0.25, -0.2) is 0 Å². The number of methoxy groups -OCH3 is 1. The number of ketones is 1. The number of aromatic hydroxyl groups is 1. The topological polar surface area (TPSA) is 84.6 Å². The number of nitrogens with zero attached hydrogens (tertiary/aromatic N) is 1. The van der Waals surface area contributed by atoms with E-state index in [1.807, 2.05) is 31.2 Å². The van der Waals surface area contributed by atoms with Crippen molar-refractivity contribution in [3.05, 3.63) is 82.2 Å². The highest BCUT2D eigenvalue weighted by molar-refractivity contribution is 6.01. The quantitative estimate of drug-likeness (QED) is 0.663. The van der Waals surface area contributed by atoms with Gasteiger partial charge in [0.1, 0.15) is 0 Å². The first-order valence-electron chi connectivity index (χ1n) is 9.98. The summed E-state index contributed by atoms with van der Waals surface area (Å²) < 4.78 is 10.9. The molecule has 2 heterocycles. The van der Waals surface area contributed by atoms with E-state index < -0.39 is 0 Å². The number of rotatable bonds is 3. The van der Waals surface area contributed by atoms with Gasteiger partial charge in [-0.2, -0.15) is 0 Å². The minimum absolute atomic E-state index is 0.0609. The second kappa shape index (κ2) is 7.06. The van der Waals surface area contributed by atoms with Gasteiger partial charge in [0.05, 0.1) is 18.4 Å². The van der Waals surface area contributed by atoms with Crippen molar-refractivity contribution >= 4 is 11.7 Å². The van der Waals surface area contributed by atoms with Gasteiger partial charge in [0, 0.05) is 23.6 Å². The third kappa shape index (κ3) is 2.87. The van der Waals surface area contributed by atoms with Crippen LogP contribution >= 0.6 is 0 Å². The summed E-state index contributed by atoms with van der Waals surface area (Å²) in [6.07, 6.45) is 1.17. The van der Waals surface area contributed by atoms with E-state index in [0.29, 0.717) is 18.1 Å². The Morgan fingerprint density at radius 3 is 2.70 bits per heavy atom. The smallest absolute Gasteiger partial charge is 0.233 e. The summed E-state index contributed by atoms with van der Waals surface area (Å²) in [5.74, 6) is 0.914. The Morgan fingerprint density at radius 2 is 1.93 bits per heavy atom. The molecule has 2 aliphatic rings. The first kappa shape index (κ1) is 18.5. The molecule has 3 aromatic rings. The normalized spacial score (nSPS) is 20.4. The number of aryl methyl sites for hydroxylation is 1. The standard InChI is InChI=1S/C24H22N2O4/c1-13-21-22(15-8-9-18(27)20(12-15)29-2)23-17(25-24(21)30-26-13)10-16(11-19(23)28)14-6-4-3-5-7-14/h3-9,12,16,22,25,27H,10-11H2,1-2H3/t16-,22+/m1/s1. The number of allylic oxidation sites excluding steroid dienone is 2. The van der Waals surface area contributed by atoms with E-state index in [1.165, 1.54) is 7.11 Å². The Bertz CT molecular complexity index is 1160. The summed E-state index contributed by atoms with van der Waals surface area (Å²) in [6, 6.07) is 15.3. The molecular weight excluding hydrogens is 380 g/mol. The first-order valence-corrected chi connectivity index (χ1v) is 9.98. The van der Waals surface area contributed by atoms with Crippen LogP contribution < -0.4 is 10.1 Å². The predicted octanol–water partition coefficient (Wildman–Crippen LogP) is 4.66. The lowest BCUT2D eigenvalue weighted by Gasteiger charge is -2.34. The maximum absolute atomic E-state index is 13.4. The lowest BCUT2D eigenvalue weighted by Crippen LogP contribution is -2.29. The molecule has 2 N–H and O–H groups in total. The SMILES string of the molecule is COc1cc([C@@H]2C3=C(C[C@@H](c4ccccc4)CC3=O)Nc3onc(C)c32)ccc1O. The predicted molar refractivity (Wildman–Crippen MR) is 112 cm³/mol. The van der Waals surface area contributed by atoms with Crippen LogP contribution in [0, 0.1) is 6.92 Å². The molecule has 5 rings (SSSR count). The number of ether oxygens (including phenoxy) is 1. The zero-order chi connectivity index (χ0) is 20.8. The number of carbonyl (C=O) groups excluding carboxylic acids is 1. The Morgan fingerprint density at radius 1 is 1.13 bits per heavy atom. The maximum Gasteiger partial charge on any atom is 0.233 e. The third-order valence-electron chi connectivity index (χ3n) is 6.07. The van der Waals surface area contributed by atoms with Crippen LogP contribution in [0.25, 0.3) is 0 Å². The van der Waals surface area contributed by atoms with Crippen molar-refractivity contribution in [3.63, 3.8) is 0 Å². The molecule has 6 heteroatoms. The Balaban J connectivity index is 1.64. The minimum atomic E-state index is -0.318. The zero-order valence-corrected chi connectivity index (χ0v) is 16.8. The van der Waals surface area contributed by atoms with Gasteiger partial charge in [-0.3, -0.25) is 4.79 Å². The van der Waals surface area contributed by atoms with E-state index in [1.54, 1.807) is 12.1 Å². The van der Waals surface area contributed by atoms with E-state index in [-0.39, 0.29) is 23.4 Å². The summed E-state index contributed by atoms with van der Waals surface area (Å²) in [5.41, 5.74) is 5.22. The molecule has 1 aromatic heterocycles. The number of Topliss-reactive ketones (excluding diaryl/α,β-unsaturated/α-hetero) is 1. The van der Waals surface area contributed by atoms with Crippen LogP contribution in [-0.4, -0.2) is 23.2 Å². The minimum Gasteiger partial charge on any atom is -0.504 e. The zero-order valence-electron chi connectivity index (χ0n) is 16.8. The number of phenolic OH excluding ortho intramolecular Hbond substituents is 1. The highest BCUT2D eigenvalue weighted by Gasteiger charge is 2.41. The van der Waals surface area contributed by atoms with Gasteiger partial charge in [0.2, 0.25) is 5.88 Å². The van der Waals surface area contributed by atoms with Crippen LogP contribution in [0.15, 0.2) is 64.3 Å². The summed E-state index contributed by atoms with van der Waals surface area (Å²) in [4.78, 5) is 13.4. The van der Waals surface area contributed by atoms with Crippen molar-refractivity contribution in [2.75, 3.05) is 12.4 Å². The van der Waals surface area contributed by atoms with Crippen molar-refractivity contribution < 1.29 is 19.2 Å². The van der Waals surface area contributed by atoms with E-state index >= 15 is 0 Å². The van der Waals surface area contributed by atoms with Crippen molar-refractivity contribution in [2.45, 2.75) is 31.6 Å². The molecular formula is C24H22N2O4. The number of phenols is 1. The second-order valence-corrected chi connectivity index (χ2v) is 7.83. The fourth-order valence-corrected chi connectivity index (χ4v) is 4.64. The molecule has 2 atom stereocenters. The molecule has 1 aliphatic carbocycles. The second-order valence-electron chi connectivity index (χ2n) is 7.83. The molecule has 0 saturated carbocycles. The number of fused-ring (bicyclic) bond motifs is 1. The Labute approximate surface area is 174 Å². The molecule has 0 saturated heterocycles. The third-order valence-corrected chi connectivity index (χ3v) is 6.07. The molecule has 0 fully saturated rings. The fourth-order valence-electron chi connectivity index (χ4n) is 4.64. The van der Waals surface area contributed by atoms with Gasteiger partial charge in [0.15, 0.2) is 17.3 Å². The van der Waals surface area contributed by atoms with Crippen LogP contribution in [0.4, 0.5) is 5.88 Å². The van der Waals surface area contributed by atoms with Crippen LogP contribution in [0.1, 0.15) is 47.1 Å². The van der Waals surface area contributed by atoms with Crippen LogP contribution in [0.5, 0.6) is 11.5 Å². The Hall–Kier alpha value is -3.54. The lowest BCUT2D eigenvalue weighted by molar-refractivity contribution is -0.116. The summed E-state index contributed by atoms with van der Waals surface area (Å²) in [6.45, 7) is 1.88. The summed E-state index contributed by atoms with van der Waals surface area (Å²) in [7, 11) is 1.51. The molecule has 0 spiro atoms. The van der Waals surface area contributed by atoms with E-state index in [2.05, 4.69) is 22.6 Å². The number of aromatic nitrogens is 1. The number of benzene rings is 2.